The minimum absolute atomic E-state index is 0.179. The highest BCUT2D eigenvalue weighted by Crippen LogP contribution is 2.40. The Morgan fingerprint density at radius 2 is 1.89 bits per heavy atom. The largest absolute Gasteiger partial charge is 0.480 e. The summed E-state index contributed by atoms with van der Waals surface area (Å²) < 4.78 is 66.1. The lowest BCUT2D eigenvalue weighted by atomic mass is 9.88. The zero-order valence-corrected chi connectivity index (χ0v) is 16.6. The van der Waals surface area contributed by atoms with Crippen LogP contribution in [0.25, 0.3) is 0 Å². The summed E-state index contributed by atoms with van der Waals surface area (Å²) in [6.45, 7) is 0. The van der Waals surface area contributed by atoms with Gasteiger partial charge in [0.1, 0.15) is 15.9 Å². The van der Waals surface area contributed by atoms with E-state index in [-0.39, 0.29) is 11.5 Å². The van der Waals surface area contributed by atoms with Crippen LogP contribution in [0.5, 0.6) is 0 Å². The number of aliphatic carboxylic acids is 1. The Kier molecular flexibility index (Phi) is 6.29. The molecule has 1 aromatic carbocycles. The van der Waals surface area contributed by atoms with E-state index in [1.54, 1.807) is 0 Å². The van der Waals surface area contributed by atoms with Gasteiger partial charge >= 0.3 is 12.1 Å². The molecule has 2 N–H and O–H groups in total. The second-order valence-corrected chi connectivity index (χ2v) is 9.53. The number of hydrogen-bond acceptors (Lipinski definition) is 4. The zero-order chi connectivity index (χ0) is 20.5. The predicted octanol–water partition coefficient (Wildman–Crippen LogP) is 2.71. The average molecular weight is 468 g/mol. The fourth-order valence-corrected chi connectivity index (χ4v) is 3.48. The molecule has 1 saturated carbocycles. The fourth-order valence-electron chi connectivity index (χ4n) is 2.38. The first kappa shape index (κ1) is 21.7. The second-order valence-electron chi connectivity index (χ2n) is 6.43. The van der Waals surface area contributed by atoms with Crippen LogP contribution in [0.1, 0.15) is 18.4 Å². The molecule has 1 aliphatic rings. The van der Waals surface area contributed by atoms with Crippen molar-refractivity contribution in [1.82, 2.24) is 5.32 Å². The highest BCUT2D eigenvalue weighted by molar-refractivity contribution is 9.10. The van der Waals surface area contributed by atoms with Gasteiger partial charge in [0.25, 0.3) is 0 Å². The molecular formula is C17H17BrF3NO4S. The molecule has 0 unspecified atom stereocenters. The van der Waals surface area contributed by atoms with Gasteiger partial charge in [-0.1, -0.05) is 39.9 Å². The van der Waals surface area contributed by atoms with Gasteiger partial charge in [-0.05, 0) is 30.5 Å². The molecule has 2 rings (SSSR count). The first-order valence-electron chi connectivity index (χ1n) is 7.88. The Labute approximate surface area is 163 Å². The second kappa shape index (κ2) is 7.81. The Morgan fingerprint density at radius 1 is 1.33 bits per heavy atom. The van der Waals surface area contributed by atoms with Gasteiger partial charge in [0.05, 0.1) is 5.75 Å². The van der Waals surface area contributed by atoms with E-state index in [2.05, 4.69) is 27.8 Å². The van der Waals surface area contributed by atoms with Crippen molar-refractivity contribution in [2.45, 2.75) is 30.6 Å². The molecule has 0 aromatic heterocycles. The quantitative estimate of drug-likeness (QED) is 0.628. The molecule has 27 heavy (non-hydrogen) atoms. The highest BCUT2D eigenvalue weighted by atomic mass is 79.9. The summed E-state index contributed by atoms with van der Waals surface area (Å²) in [6.07, 6.45) is -2.89. The Bertz CT molecular complexity index is 870. The predicted molar refractivity (Wildman–Crippen MR) is 96.6 cm³/mol. The van der Waals surface area contributed by atoms with Crippen molar-refractivity contribution in [3.05, 3.63) is 34.3 Å². The molecule has 0 heterocycles. The molecule has 0 spiro atoms. The van der Waals surface area contributed by atoms with E-state index >= 15 is 0 Å². The molecule has 0 aliphatic heterocycles. The number of halogens is 4. The monoisotopic (exact) mass is 467 g/mol. The van der Waals surface area contributed by atoms with Gasteiger partial charge in [-0.2, -0.15) is 13.2 Å². The summed E-state index contributed by atoms with van der Waals surface area (Å²) >= 11 is 3.14. The Balaban J connectivity index is 2.60. The highest BCUT2D eigenvalue weighted by Gasteiger charge is 2.57. The summed E-state index contributed by atoms with van der Waals surface area (Å²) in [4.78, 5) is 11.5. The minimum Gasteiger partial charge on any atom is -0.480 e. The van der Waals surface area contributed by atoms with E-state index in [9.17, 15) is 31.5 Å². The van der Waals surface area contributed by atoms with Gasteiger partial charge in [-0.15, -0.1) is 0 Å². The summed E-state index contributed by atoms with van der Waals surface area (Å²) in [6, 6.07) is 3.11. The number of alkyl halides is 3. The van der Waals surface area contributed by atoms with E-state index in [4.69, 9.17) is 0 Å². The van der Waals surface area contributed by atoms with E-state index < -0.39 is 39.3 Å². The Hall–Kier alpha value is -1.57. The third-order valence-electron chi connectivity index (χ3n) is 3.90. The van der Waals surface area contributed by atoms with Crippen molar-refractivity contribution in [3.63, 3.8) is 0 Å². The van der Waals surface area contributed by atoms with Crippen LogP contribution in [0.2, 0.25) is 0 Å². The van der Waals surface area contributed by atoms with Crippen molar-refractivity contribution in [1.29, 1.82) is 0 Å². The lowest BCUT2D eigenvalue weighted by Gasteiger charge is -2.35. The Morgan fingerprint density at radius 3 is 2.30 bits per heavy atom. The lowest BCUT2D eigenvalue weighted by molar-refractivity contribution is -0.185. The number of rotatable bonds is 6. The van der Waals surface area contributed by atoms with Crippen LogP contribution in [0.4, 0.5) is 13.2 Å². The van der Waals surface area contributed by atoms with Crippen molar-refractivity contribution >= 4 is 31.7 Å². The van der Waals surface area contributed by atoms with Gasteiger partial charge in [0.15, 0.2) is 0 Å². The molecule has 0 radical (unpaired) electrons. The minimum atomic E-state index is -4.99. The number of hydrogen-bond donors (Lipinski definition) is 2. The van der Waals surface area contributed by atoms with Crippen LogP contribution in [0, 0.1) is 17.8 Å². The van der Waals surface area contributed by atoms with E-state index in [1.807, 2.05) is 5.32 Å². The van der Waals surface area contributed by atoms with Gasteiger partial charge in [0, 0.05) is 16.6 Å². The maximum absolute atomic E-state index is 14.2. The maximum Gasteiger partial charge on any atom is 0.422 e. The molecule has 1 fully saturated rings. The first-order valence-corrected chi connectivity index (χ1v) is 10.7. The van der Waals surface area contributed by atoms with Crippen LogP contribution in [0.15, 0.2) is 28.7 Å². The normalized spacial score (nSPS) is 18.1. The van der Waals surface area contributed by atoms with Gasteiger partial charge in [-0.3, -0.25) is 10.1 Å². The molecule has 0 bridgehead atoms. The van der Waals surface area contributed by atoms with Crippen LogP contribution >= 0.6 is 15.9 Å². The summed E-state index contributed by atoms with van der Waals surface area (Å²) in [5.41, 5.74) is -3.32. The number of benzene rings is 1. The molecule has 10 heteroatoms. The molecule has 148 valence electrons. The molecule has 5 nitrogen and oxygen atoms in total. The molecule has 0 amide bonds. The summed E-state index contributed by atoms with van der Waals surface area (Å²) in [7, 11) is -3.86. The summed E-state index contributed by atoms with van der Waals surface area (Å²) in [5, 5.41) is 11.3. The van der Waals surface area contributed by atoms with Gasteiger partial charge < -0.3 is 5.11 Å². The fraction of sp³-hybridized carbons (Fsp3) is 0.471. The molecule has 1 aliphatic carbocycles. The zero-order valence-electron chi connectivity index (χ0n) is 14.2. The van der Waals surface area contributed by atoms with E-state index in [0.717, 1.165) is 6.26 Å². The SMILES string of the molecule is CS(=O)(=O)C[C@H](N[C@@](C#CC1CC1)(c1ccc(Br)cc1)C(F)(F)F)C(=O)O. The lowest BCUT2D eigenvalue weighted by Crippen LogP contribution is -2.60. The van der Waals surface area contributed by atoms with Crippen LogP contribution < -0.4 is 5.32 Å². The number of carboxylic acid groups (broad SMARTS) is 1. The maximum atomic E-state index is 14.2. The molecule has 0 saturated heterocycles. The number of carboxylic acids is 1. The van der Waals surface area contributed by atoms with Crippen LogP contribution in [-0.4, -0.2) is 43.7 Å². The third-order valence-corrected chi connectivity index (χ3v) is 5.37. The van der Waals surface area contributed by atoms with Crippen LogP contribution in [0.3, 0.4) is 0 Å². The van der Waals surface area contributed by atoms with Crippen molar-refractivity contribution in [2.75, 3.05) is 12.0 Å². The summed E-state index contributed by atoms with van der Waals surface area (Å²) in [5.74, 6) is 1.83. The number of sulfone groups is 1. The van der Waals surface area contributed by atoms with Crippen molar-refractivity contribution in [3.8, 4) is 11.8 Å². The van der Waals surface area contributed by atoms with E-state index in [0.29, 0.717) is 17.3 Å². The van der Waals surface area contributed by atoms with E-state index in [1.165, 1.54) is 24.3 Å². The molecule has 1 aromatic rings. The van der Waals surface area contributed by atoms with Gasteiger partial charge in [-0.25, -0.2) is 8.42 Å². The van der Waals surface area contributed by atoms with Crippen molar-refractivity contribution in [2.24, 2.45) is 5.92 Å². The number of carbonyl (C=O) groups is 1. The smallest absolute Gasteiger partial charge is 0.422 e. The number of nitrogens with one attached hydrogen (secondary N) is 1. The topological polar surface area (TPSA) is 83.5 Å². The third kappa shape index (κ3) is 5.70. The van der Waals surface area contributed by atoms with Crippen LogP contribution in [-0.2, 0) is 20.2 Å². The van der Waals surface area contributed by atoms with Crippen molar-refractivity contribution < 1.29 is 31.5 Å². The average Bonchev–Trinajstić information content (AvgIpc) is 3.33. The standard InChI is InChI=1S/C17H17BrF3NO4S/c1-27(25,26)10-14(15(23)24)22-16(17(19,20)21,9-8-11-2-3-11)12-4-6-13(18)7-5-12/h4-7,11,14,22H,2-3,10H2,1H3,(H,23,24)/t14-,16-/m0/s1. The first-order chi connectivity index (χ1) is 12.3. The molecular weight excluding hydrogens is 451 g/mol. The van der Waals surface area contributed by atoms with Gasteiger partial charge in [0.2, 0.25) is 5.54 Å². The molecule has 2 atom stereocenters.